The zero-order valence-corrected chi connectivity index (χ0v) is 15.3. The van der Waals surface area contributed by atoms with E-state index in [1.165, 1.54) is 23.2 Å². The van der Waals surface area contributed by atoms with Crippen LogP contribution in [0.3, 0.4) is 0 Å². The Labute approximate surface area is 155 Å². The SMILES string of the molecule is OS1(O)N(CCCCNC2CC2)c2ccccc2N1c1ccccc1F. The number of halogens is 1. The highest BCUT2D eigenvalue weighted by atomic mass is 32.3. The van der Waals surface area contributed by atoms with Crippen molar-refractivity contribution in [3.63, 3.8) is 0 Å². The van der Waals surface area contributed by atoms with Gasteiger partial charge in [0.1, 0.15) is 11.5 Å². The Morgan fingerprint density at radius 1 is 0.962 bits per heavy atom. The smallest absolute Gasteiger partial charge is 0.148 e. The Balaban J connectivity index is 1.56. The zero-order valence-electron chi connectivity index (χ0n) is 14.5. The molecule has 0 amide bonds. The summed E-state index contributed by atoms with van der Waals surface area (Å²) >= 11 is 0. The highest BCUT2D eigenvalue weighted by molar-refractivity contribution is 8.27. The van der Waals surface area contributed by atoms with Crippen LogP contribution in [0.15, 0.2) is 48.5 Å². The van der Waals surface area contributed by atoms with Crippen LogP contribution in [0.5, 0.6) is 0 Å². The Hall–Kier alpha value is -1.80. The van der Waals surface area contributed by atoms with Crippen molar-refractivity contribution in [2.24, 2.45) is 0 Å². The molecule has 7 heteroatoms. The molecule has 0 atom stereocenters. The molecule has 0 spiro atoms. The zero-order chi connectivity index (χ0) is 18.1. The standard InChI is InChI=1S/C19H24FN3O2S/c20-16-7-1-2-8-17(16)23-19-10-4-3-9-18(19)22(26(23,24)25)14-6-5-13-21-15-11-12-15/h1-4,7-10,15,21,24-25H,5-6,11-14H2. The lowest BCUT2D eigenvalue weighted by atomic mass is 10.2. The monoisotopic (exact) mass is 377 g/mol. The van der Waals surface area contributed by atoms with Crippen LogP contribution in [0.25, 0.3) is 0 Å². The van der Waals surface area contributed by atoms with Gasteiger partial charge < -0.3 is 5.32 Å². The summed E-state index contributed by atoms with van der Waals surface area (Å²) in [6, 6.07) is 14.2. The fraction of sp³-hybridized carbons (Fsp3) is 0.368. The van der Waals surface area contributed by atoms with Gasteiger partial charge in [0, 0.05) is 12.6 Å². The Morgan fingerprint density at radius 3 is 2.31 bits per heavy atom. The fourth-order valence-electron chi connectivity index (χ4n) is 3.30. The summed E-state index contributed by atoms with van der Waals surface area (Å²) in [5.41, 5.74) is 1.53. The average molecular weight is 377 g/mol. The number of nitrogens with zero attached hydrogens (tertiary/aromatic N) is 2. The fourth-order valence-corrected chi connectivity index (χ4v) is 5.12. The predicted octanol–water partition coefficient (Wildman–Crippen LogP) is 4.90. The number of anilines is 3. The third kappa shape index (κ3) is 3.27. The molecule has 5 nitrogen and oxygen atoms in total. The molecule has 26 heavy (non-hydrogen) atoms. The van der Waals surface area contributed by atoms with Crippen LogP contribution in [-0.2, 0) is 0 Å². The number of benzene rings is 2. The number of hydrogen-bond donors (Lipinski definition) is 3. The number of hydrogen-bond acceptors (Lipinski definition) is 5. The Bertz CT molecular complexity index is 785. The van der Waals surface area contributed by atoms with Crippen LogP contribution in [0.4, 0.5) is 21.5 Å². The number of para-hydroxylation sites is 3. The van der Waals surface area contributed by atoms with E-state index in [1.54, 1.807) is 28.6 Å². The maximum Gasteiger partial charge on any atom is 0.148 e. The third-order valence-corrected chi connectivity index (χ3v) is 6.63. The first-order chi connectivity index (χ1) is 12.6. The van der Waals surface area contributed by atoms with Crippen molar-refractivity contribution < 1.29 is 13.5 Å². The van der Waals surface area contributed by atoms with Gasteiger partial charge in [-0.15, -0.1) is 0 Å². The van der Waals surface area contributed by atoms with Crippen molar-refractivity contribution in [2.45, 2.75) is 31.7 Å². The Morgan fingerprint density at radius 2 is 1.62 bits per heavy atom. The van der Waals surface area contributed by atoms with E-state index in [9.17, 15) is 13.5 Å². The predicted molar refractivity (Wildman–Crippen MR) is 105 cm³/mol. The van der Waals surface area contributed by atoms with Gasteiger partial charge in [-0.1, -0.05) is 24.3 Å². The molecule has 0 saturated heterocycles. The van der Waals surface area contributed by atoms with Crippen LogP contribution in [0.2, 0.25) is 0 Å². The molecule has 3 N–H and O–H groups in total. The summed E-state index contributed by atoms with van der Waals surface area (Å²) < 4.78 is 39.3. The summed E-state index contributed by atoms with van der Waals surface area (Å²) in [4.78, 5) is 0. The van der Waals surface area contributed by atoms with Crippen LogP contribution in [0, 0.1) is 5.82 Å². The summed E-state index contributed by atoms with van der Waals surface area (Å²) in [7, 11) is -3.35. The molecule has 2 aromatic carbocycles. The topological polar surface area (TPSA) is 59.0 Å². The molecule has 140 valence electrons. The van der Waals surface area contributed by atoms with Gasteiger partial charge in [0.25, 0.3) is 0 Å². The molecule has 0 unspecified atom stereocenters. The van der Waals surface area contributed by atoms with E-state index in [1.807, 2.05) is 18.2 Å². The van der Waals surface area contributed by atoms with Crippen LogP contribution < -0.4 is 13.9 Å². The molecule has 1 aliphatic heterocycles. The first-order valence-corrected chi connectivity index (χ1v) is 10.5. The summed E-state index contributed by atoms with van der Waals surface area (Å²) in [5.74, 6) is -0.474. The van der Waals surface area contributed by atoms with Crippen molar-refractivity contribution in [1.29, 1.82) is 0 Å². The highest BCUT2D eigenvalue weighted by Crippen LogP contribution is 2.64. The minimum Gasteiger partial charge on any atom is -0.314 e. The molecule has 1 heterocycles. The molecular formula is C19H24FN3O2S. The van der Waals surface area contributed by atoms with Crippen LogP contribution >= 0.6 is 11.0 Å². The number of nitrogens with one attached hydrogen (secondary N) is 1. The van der Waals surface area contributed by atoms with Gasteiger partial charge in [-0.3, -0.25) is 13.4 Å². The molecule has 0 bridgehead atoms. The highest BCUT2D eigenvalue weighted by Gasteiger charge is 2.42. The number of fused-ring (bicyclic) bond motifs is 1. The molecule has 1 saturated carbocycles. The third-order valence-electron chi connectivity index (χ3n) is 4.78. The van der Waals surface area contributed by atoms with Crippen molar-refractivity contribution in [3.05, 3.63) is 54.3 Å². The van der Waals surface area contributed by atoms with Crippen molar-refractivity contribution in [1.82, 2.24) is 5.32 Å². The van der Waals surface area contributed by atoms with E-state index < -0.39 is 16.8 Å². The van der Waals surface area contributed by atoms with E-state index in [4.69, 9.17) is 0 Å². The van der Waals surface area contributed by atoms with Gasteiger partial charge in [-0.25, -0.2) is 8.70 Å². The summed E-state index contributed by atoms with van der Waals surface area (Å²) in [5, 5.41) is 3.47. The van der Waals surface area contributed by atoms with Gasteiger partial charge in [0.05, 0.1) is 11.4 Å². The molecule has 0 aromatic heterocycles. The quantitative estimate of drug-likeness (QED) is 0.600. The second kappa shape index (κ2) is 7.08. The van der Waals surface area contributed by atoms with Gasteiger partial charge >= 0.3 is 0 Å². The lowest BCUT2D eigenvalue weighted by molar-refractivity contribution is 0.481. The van der Waals surface area contributed by atoms with Gasteiger partial charge in [-0.05, 0) is 67.5 Å². The van der Waals surface area contributed by atoms with Crippen molar-refractivity contribution >= 4 is 28.0 Å². The second-order valence-electron chi connectivity index (χ2n) is 6.76. The number of rotatable bonds is 7. The molecule has 1 fully saturated rings. The molecule has 0 radical (unpaired) electrons. The Kier molecular flexibility index (Phi) is 4.79. The number of unbranched alkanes of at least 4 members (excludes halogenated alkanes) is 1. The van der Waals surface area contributed by atoms with E-state index in [0.29, 0.717) is 18.3 Å². The van der Waals surface area contributed by atoms with E-state index in [0.717, 1.165) is 25.1 Å². The minimum absolute atomic E-state index is 0.179. The van der Waals surface area contributed by atoms with E-state index in [2.05, 4.69) is 5.32 Å². The molecule has 2 aromatic rings. The lowest BCUT2D eigenvalue weighted by Gasteiger charge is -2.43. The lowest BCUT2D eigenvalue weighted by Crippen LogP contribution is -2.32. The van der Waals surface area contributed by atoms with E-state index in [-0.39, 0.29) is 5.69 Å². The first-order valence-electron chi connectivity index (χ1n) is 9.02. The second-order valence-corrected chi connectivity index (χ2v) is 8.55. The molecule has 2 aliphatic rings. The van der Waals surface area contributed by atoms with Gasteiger partial charge in [0.2, 0.25) is 0 Å². The normalized spacial score (nSPS) is 19.5. The largest absolute Gasteiger partial charge is 0.314 e. The first kappa shape index (κ1) is 17.6. The van der Waals surface area contributed by atoms with Gasteiger partial charge in [-0.2, -0.15) is 0 Å². The van der Waals surface area contributed by atoms with E-state index >= 15 is 0 Å². The summed E-state index contributed by atoms with van der Waals surface area (Å²) in [6.07, 6.45) is 4.31. The molecule has 4 rings (SSSR count). The minimum atomic E-state index is -3.35. The van der Waals surface area contributed by atoms with Crippen molar-refractivity contribution in [3.8, 4) is 0 Å². The molecular weight excluding hydrogens is 353 g/mol. The average Bonchev–Trinajstić information content (AvgIpc) is 3.41. The van der Waals surface area contributed by atoms with Crippen LogP contribution in [-0.4, -0.2) is 28.2 Å². The maximum absolute atomic E-state index is 14.4. The van der Waals surface area contributed by atoms with Crippen molar-refractivity contribution in [2.75, 3.05) is 21.7 Å². The van der Waals surface area contributed by atoms with Crippen LogP contribution in [0.1, 0.15) is 25.7 Å². The molecule has 1 aliphatic carbocycles. The summed E-state index contributed by atoms with van der Waals surface area (Å²) in [6.45, 7) is 1.45. The van der Waals surface area contributed by atoms with Gasteiger partial charge in [0.15, 0.2) is 0 Å². The maximum atomic E-state index is 14.4.